The maximum absolute atomic E-state index is 4.77. The molecule has 2 unspecified atom stereocenters. The normalized spacial score (nSPS) is 45.8. The highest BCUT2D eigenvalue weighted by Crippen LogP contribution is 2.62. The Bertz CT molecular complexity index is 500. The van der Waals surface area contributed by atoms with Gasteiger partial charge in [-0.1, -0.05) is 6.07 Å². The molecule has 1 aromatic rings. The lowest BCUT2D eigenvalue weighted by atomic mass is 9.46. The van der Waals surface area contributed by atoms with Crippen LogP contribution in [0.5, 0.6) is 0 Å². The molecule has 2 heteroatoms. The van der Waals surface area contributed by atoms with Crippen molar-refractivity contribution in [2.24, 2.45) is 11.8 Å². The van der Waals surface area contributed by atoms with Gasteiger partial charge in [0.1, 0.15) is 0 Å². The zero-order valence-corrected chi connectivity index (χ0v) is 12.1. The maximum Gasteiger partial charge on any atom is 0.0466 e. The van der Waals surface area contributed by atoms with Gasteiger partial charge in [0.05, 0.1) is 0 Å². The molecule has 1 N–H and O–H groups in total. The van der Waals surface area contributed by atoms with Crippen LogP contribution in [0.25, 0.3) is 0 Å². The summed E-state index contributed by atoms with van der Waals surface area (Å²) in [4.78, 5) is 4.77. The first-order valence-electron chi connectivity index (χ1n) is 8.45. The summed E-state index contributed by atoms with van der Waals surface area (Å²) in [7, 11) is 0. The molecule has 0 aromatic carbocycles. The number of pyridine rings is 1. The molecule has 2 nitrogen and oxygen atoms in total. The van der Waals surface area contributed by atoms with Gasteiger partial charge in [0.25, 0.3) is 0 Å². The van der Waals surface area contributed by atoms with E-state index >= 15 is 0 Å². The summed E-state index contributed by atoms with van der Waals surface area (Å²) in [5, 5.41) is 4.07. The smallest absolute Gasteiger partial charge is 0.0466 e. The lowest BCUT2D eigenvalue weighted by molar-refractivity contribution is -0.0431. The van der Waals surface area contributed by atoms with Crippen molar-refractivity contribution >= 4 is 0 Å². The molecule has 1 heterocycles. The van der Waals surface area contributed by atoms with Gasteiger partial charge in [-0.2, -0.15) is 0 Å². The molecule has 1 aromatic heterocycles. The van der Waals surface area contributed by atoms with Crippen molar-refractivity contribution in [3.63, 3.8) is 0 Å². The molecule has 5 aliphatic rings. The van der Waals surface area contributed by atoms with E-state index in [1.807, 2.05) is 6.20 Å². The molecule has 2 atom stereocenters. The van der Waals surface area contributed by atoms with Crippen LogP contribution in [-0.4, -0.2) is 16.6 Å². The highest BCUT2D eigenvalue weighted by molar-refractivity contribution is 5.27. The number of rotatable bonds is 3. The van der Waals surface area contributed by atoms with Crippen LogP contribution in [0.15, 0.2) is 24.4 Å². The fraction of sp³-hybridized carbons (Fsp3) is 0.722. The third-order valence-electron chi connectivity index (χ3n) is 6.36. The third-order valence-corrected chi connectivity index (χ3v) is 6.36. The topological polar surface area (TPSA) is 24.9 Å². The summed E-state index contributed by atoms with van der Waals surface area (Å²) < 4.78 is 0. The van der Waals surface area contributed by atoms with Gasteiger partial charge in [-0.25, -0.2) is 0 Å². The van der Waals surface area contributed by atoms with Gasteiger partial charge < -0.3 is 5.32 Å². The van der Waals surface area contributed by atoms with Crippen LogP contribution >= 0.6 is 0 Å². The summed E-state index contributed by atoms with van der Waals surface area (Å²) in [5.74, 6) is 1.90. The van der Waals surface area contributed by atoms with Crippen LogP contribution in [0.3, 0.4) is 0 Å². The Hall–Kier alpha value is -0.890. The van der Waals surface area contributed by atoms with Gasteiger partial charge in [-0.15, -0.1) is 0 Å². The molecule has 5 saturated carbocycles. The SMILES string of the molecule is c1ccc(C23CC4CC(CC(NC5CC5)(C4)C2)C3)nc1. The molecule has 5 aliphatic carbocycles. The largest absolute Gasteiger partial charge is 0.308 e. The van der Waals surface area contributed by atoms with Crippen LogP contribution in [0.1, 0.15) is 57.1 Å². The van der Waals surface area contributed by atoms with Crippen molar-refractivity contribution in [3.05, 3.63) is 30.1 Å². The second-order valence-corrected chi connectivity index (χ2v) is 8.16. The Kier molecular flexibility index (Phi) is 2.26. The van der Waals surface area contributed by atoms with Gasteiger partial charge in [-0.3, -0.25) is 4.98 Å². The molecule has 5 fully saturated rings. The number of nitrogens with one attached hydrogen (secondary N) is 1. The first kappa shape index (κ1) is 11.7. The van der Waals surface area contributed by atoms with Gasteiger partial charge in [0, 0.05) is 28.9 Å². The van der Waals surface area contributed by atoms with Crippen molar-refractivity contribution in [3.8, 4) is 0 Å². The Morgan fingerprint density at radius 3 is 2.50 bits per heavy atom. The van der Waals surface area contributed by atoms with Crippen molar-refractivity contribution in [1.29, 1.82) is 0 Å². The van der Waals surface area contributed by atoms with E-state index in [1.54, 1.807) is 0 Å². The van der Waals surface area contributed by atoms with Crippen LogP contribution in [-0.2, 0) is 5.41 Å². The fourth-order valence-electron chi connectivity index (χ4n) is 6.07. The van der Waals surface area contributed by atoms with E-state index in [1.165, 1.54) is 57.1 Å². The lowest BCUT2D eigenvalue weighted by Gasteiger charge is -2.62. The summed E-state index contributed by atoms with van der Waals surface area (Å²) in [6, 6.07) is 7.37. The Morgan fingerprint density at radius 1 is 1.05 bits per heavy atom. The van der Waals surface area contributed by atoms with E-state index in [9.17, 15) is 0 Å². The fourth-order valence-corrected chi connectivity index (χ4v) is 6.07. The summed E-state index contributed by atoms with van der Waals surface area (Å²) in [5.41, 5.74) is 2.24. The molecule has 6 rings (SSSR count). The van der Waals surface area contributed by atoms with E-state index in [2.05, 4.69) is 23.5 Å². The zero-order chi connectivity index (χ0) is 13.2. The molecule has 0 amide bonds. The highest BCUT2D eigenvalue weighted by Gasteiger charge is 2.59. The molecular weight excluding hydrogens is 244 g/mol. The predicted molar refractivity (Wildman–Crippen MR) is 79.5 cm³/mol. The van der Waals surface area contributed by atoms with Crippen LogP contribution < -0.4 is 5.32 Å². The lowest BCUT2D eigenvalue weighted by Crippen LogP contribution is -2.63. The van der Waals surface area contributed by atoms with E-state index in [-0.39, 0.29) is 0 Å². The van der Waals surface area contributed by atoms with E-state index in [0.717, 1.165) is 17.9 Å². The maximum atomic E-state index is 4.77. The minimum Gasteiger partial charge on any atom is -0.308 e. The average Bonchev–Trinajstić information content (AvgIpc) is 3.21. The zero-order valence-electron chi connectivity index (χ0n) is 12.1. The summed E-state index contributed by atoms with van der Waals surface area (Å²) in [6.45, 7) is 0. The first-order valence-corrected chi connectivity index (χ1v) is 8.45. The molecule has 20 heavy (non-hydrogen) atoms. The van der Waals surface area contributed by atoms with Crippen molar-refractivity contribution in [2.75, 3.05) is 0 Å². The van der Waals surface area contributed by atoms with E-state index in [0.29, 0.717) is 11.0 Å². The number of hydrogen-bond acceptors (Lipinski definition) is 2. The minimum absolute atomic E-state index is 0.396. The molecule has 0 spiro atoms. The predicted octanol–water partition coefficient (Wildman–Crippen LogP) is 3.42. The van der Waals surface area contributed by atoms with E-state index in [4.69, 9.17) is 4.98 Å². The summed E-state index contributed by atoms with van der Waals surface area (Å²) in [6.07, 6.45) is 13.3. The number of aromatic nitrogens is 1. The third kappa shape index (κ3) is 1.70. The molecule has 0 radical (unpaired) electrons. The number of hydrogen-bond donors (Lipinski definition) is 1. The second-order valence-electron chi connectivity index (χ2n) is 8.16. The van der Waals surface area contributed by atoms with Crippen LogP contribution in [0.2, 0.25) is 0 Å². The van der Waals surface area contributed by atoms with Crippen LogP contribution in [0.4, 0.5) is 0 Å². The van der Waals surface area contributed by atoms with Crippen molar-refractivity contribution in [1.82, 2.24) is 10.3 Å². The van der Waals surface area contributed by atoms with Crippen molar-refractivity contribution < 1.29 is 0 Å². The Morgan fingerprint density at radius 2 is 1.85 bits per heavy atom. The van der Waals surface area contributed by atoms with Gasteiger partial charge in [-0.05, 0) is 75.3 Å². The number of nitrogens with zero attached hydrogens (tertiary/aromatic N) is 1. The molecule has 0 aliphatic heterocycles. The molecular formula is C18H24N2. The average molecular weight is 268 g/mol. The van der Waals surface area contributed by atoms with Crippen molar-refractivity contribution in [2.45, 2.75) is 68.4 Å². The second kappa shape index (κ2) is 3.85. The van der Waals surface area contributed by atoms with Gasteiger partial charge in [0.2, 0.25) is 0 Å². The van der Waals surface area contributed by atoms with E-state index < -0.39 is 0 Å². The minimum atomic E-state index is 0.396. The quantitative estimate of drug-likeness (QED) is 0.908. The molecule has 106 valence electrons. The monoisotopic (exact) mass is 268 g/mol. The summed E-state index contributed by atoms with van der Waals surface area (Å²) >= 11 is 0. The van der Waals surface area contributed by atoms with Gasteiger partial charge >= 0.3 is 0 Å². The van der Waals surface area contributed by atoms with Crippen LogP contribution in [0, 0.1) is 11.8 Å². The molecule has 4 bridgehead atoms. The Labute approximate surface area is 121 Å². The molecule has 0 saturated heterocycles. The highest BCUT2D eigenvalue weighted by atomic mass is 15.1. The standard InChI is InChI=1S/C18H24N2/c1-2-6-19-16(3-1)17-8-13-7-14(9-17)11-18(10-13,12-17)20-15-4-5-15/h1-3,6,13-15,20H,4-5,7-12H2. The van der Waals surface area contributed by atoms with Gasteiger partial charge in [0.15, 0.2) is 0 Å². The first-order chi connectivity index (χ1) is 9.75. The Balaban J connectivity index is 1.54.